The molecule has 0 spiro atoms. The summed E-state index contributed by atoms with van der Waals surface area (Å²) >= 11 is 0. The Morgan fingerprint density at radius 1 is 1.19 bits per heavy atom. The molecular weight excluding hydrogens is 324 g/mol. The van der Waals surface area contributed by atoms with Crippen LogP contribution in [0.3, 0.4) is 0 Å². The van der Waals surface area contributed by atoms with Crippen molar-refractivity contribution in [2.45, 2.75) is 32.4 Å². The monoisotopic (exact) mass is 348 g/mol. The molecule has 0 saturated carbocycles. The lowest BCUT2D eigenvalue weighted by Gasteiger charge is -2.35. The topological polar surface area (TPSA) is 68.2 Å². The third-order valence-electron chi connectivity index (χ3n) is 4.92. The lowest BCUT2D eigenvalue weighted by molar-refractivity contribution is 0.170. The van der Waals surface area contributed by atoms with Gasteiger partial charge in [-0.1, -0.05) is 31.2 Å². The number of hydrogen-bond acceptors (Lipinski definition) is 3. The highest BCUT2D eigenvalue weighted by molar-refractivity contribution is 5.89. The van der Waals surface area contributed by atoms with Gasteiger partial charge in [-0.2, -0.15) is 5.26 Å². The zero-order chi connectivity index (χ0) is 18.4. The van der Waals surface area contributed by atoms with Gasteiger partial charge < -0.3 is 10.6 Å². The van der Waals surface area contributed by atoms with Crippen LogP contribution in [0.4, 0.5) is 10.5 Å². The molecule has 2 amide bonds. The van der Waals surface area contributed by atoms with Crippen LogP contribution < -0.4 is 10.6 Å². The molecule has 1 atom stereocenters. The number of rotatable bonds is 5. The first kappa shape index (κ1) is 18.0. The van der Waals surface area contributed by atoms with E-state index in [4.69, 9.17) is 5.26 Å². The first-order chi connectivity index (χ1) is 12.7. The summed E-state index contributed by atoms with van der Waals surface area (Å²) in [5.74, 6) is 0. The first-order valence-corrected chi connectivity index (χ1v) is 9.05. The Morgan fingerprint density at radius 3 is 2.62 bits per heavy atom. The summed E-state index contributed by atoms with van der Waals surface area (Å²) < 4.78 is 0. The largest absolute Gasteiger partial charge is 0.336 e. The standard InChI is InChI=1S/C21H24N4O/c1-2-20(25-12-11-17-5-3-4-6-18(17)15-25)14-23-21(26)24-19-9-7-16(13-22)8-10-19/h3-10,20H,2,11-12,14-15H2,1H3,(H2,23,24,26)/t20-/m1/s1. The number of nitrogens with one attached hydrogen (secondary N) is 2. The maximum Gasteiger partial charge on any atom is 0.319 e. The number of fused-ring (bicyclic) bond motifs is 1. The molecule has 2 N–H and O–H groups in total. The van der Waals surface area contributed by atoms with Crippen LogP contribution in [0.5, 0.6) is 0 Å². The summed E-state index contributed by atoms with van der Waals surface area (Å²) in [5.41, 5.74) is 4.08. The average Bonchev–Trinajstić information content (AvgIpc) is 2.69. The number of benzene rings is 2. The molecule has 5 nitrogen and oxygen atoms in total. The van der Waals surface area contributed by atoms with E-state index >= 15 is 0 Å². The van der Waals surface area contributed by atoms with Gasteiger partial charge in [0.15, 0.2) is 0 Å². The molecule has 1 heterocycles. The molecule has 0 radical (unpaired) electrons. The molecule has 0 bridgehead atoms. The van der Waals surface area contributed by atoms with Gasteiger partial charge in [-0.25, -0.2) is 4.79 Å². The van der Waals surface area contributed by atoms with Crippen LogP contribution in [-0.4, -0.2) is 30.1 Å². The molecule has 0 unspecified atom stereocenters. The minimum atomic E-state index is -0.217. The molecule has 2 aromatic rings. The van der Waals surface area contributed by atoms with E-state index in [0.29, 0.717) is 23.8 Å². The van der Waals surface area contributed by atoms with Crippen LogP contribution in [0.2, 0.25) is 0 Å². The lowest BCUT2D eigenvalue weighted by atomic mass is 9.98. The normalized spacial score (nSPS) is 14.8. The Hall–Kier alpha value is -2.84. The van der Waals surface area contributed by atoms with Gasteiger partial charge >= 0.3 is 6.03 Å². The minimum Gasteiger partial charge on any atom is -0.336 e. The summed E-state index contributed by atoms with van der Waals surface area (Å²) in [7, 11) is 0. The number of nitriles is 1. The molecule has 134 valence electrons. The highest BCUT2D eigenvalue weighted by atomic mass is 16.2. The van der Waals surface area contributed by atoms with Crippen LogP contribution in [0.1, 0.15) is 30.0 Å². The Kier molecular flexibility index (Phi) is 5.88. The molecule has 5 heteroatoms. The van der Waals surface area contributed by atoms with Crippen LogP contribution in [0.15, 0.2) is 48.5 Å². The van der Waals surface area contributed by atoms with Crippen LogP contribution >= 0.6 is 0 Å². The van der Waals surface area contributed by atoms with Gasteiger partial charge in [0.25, 0.3) is 0 Å². The van der Waals surface area contributed by atoms with Gasteiger partial charge in [-0.15, -0.1) is 0 Å². The molecule has 3 rings (SSSR count). The third-order valence-corrected chi connectivity index (χ3v) is 4.92. The van der Waals surface area contributed by atoms with Gasteiger partial charge in [0.05, 0.1) is 11.6 Å². The molecule has 26 heavy (non-hydrogen) atoms. The summed E-state index contributed by atoms with van der Waals surface area (Å²) in [6, 6.07) is 17.6. The quantitative estimate of drug-likeness (QED) is 0.869. The second kappa shape index (κ2) is 8.50. The van der Waals surface area contributed by atoms with E-state index in [9.17, 15) is 4.79 Å². The second-order valence-corrected chi connectivity index (χ2v) is 6.58. The maximum atomic E-state index is 12.2. The number of hydrogen-bond donors (Lipinski definition) is 2. The summed E-state index contributed by atoms with van der Waals surface area (Å²) in [6.45, 7) is 4.73. The average molecular weight is 348 g/mol. The number of nitrogens with zero attached hydrogens (tertiary/aromatic N) is 2. The van der Waals surface area contributed by atoms with Crippen molar-refractivity contribution in [2.24, 2.45) is 0 Å². The number of anilines is 1. The molecule has 1 aliphatic rings. The van der Waals surface area contributed by atoms with Crippen LogP contribution in [0, 0.1) is 11.3 Å². The van der Waals surface area contributed by atoms with E-state index in [0.717, 1.165) is 25.9 Å². The zero-order valence-electron chi connectivity index (χ0n) is 15.0. The fraction of sp³-hybridized carbons (Fsp3) is 0.333. The number of carbonyl (C=O) groups is 1. The van der Waals surface area contributed by atoms with Crippen molar-refractivity contribution < 1.29 is 4.79 Å². The predicted molar refractivity (Wildman–Crippen MR) is 103 cm³/mol. The van der Waals surface area contributed by atoms with E-state index in [1.165, 1.54) is 11.1 Å². The van der Waals surface area contributed by atoms with Gasteiger partial charge in [0.2, 0.25) is 0 Å². The maximum absolute atomic E-state index is 12.2. The van der Waals surface area contributed by atoms with Crippen molar-refractivity contribution >= 4 is 11.7 Å². The van der Waals surface area contributed by atoms with Crippen molar-refractivity contribution in [2.75, 3.05) is 18.4 Å². The van der Waals surface area contributed by atoms with Crippen molar-refractivity contribution in [1.29, 1.82) is 5.26 Å². The Balaban J connectivity index is 1.52. The Bertz CT molecular complexity index is 794. The van der Waals surface area contributed by atoms with Crippen molar-refractivity contribution in [3.8, 4) is 6.07 Å². The SMILES string of the molecule is CC[C@H](CNC(=O)Nc1ccc(C#N)cc1)N1CCc2ccccc2C1. The van der Waals surface area contributed by atoms with Crippen molar-refractivity contribution in [3.05, 3.63) is 65.2 Å². The zero-order valence-corrected chi connectivity index (χ0v) is 15.0. The molecule has 0 fully saturated rings. The summed E-state index contributed by atoms with van der Waals surface area (Å²) in [6.07, 6.45) is 2.05. The van der Waals surface area contributed by atoms with E-state index < -0.39 is 0 Å². The number of carbonyl (C=O) groups excluding carboxylic acids is 1. The predicted octanol–water partition coefficient (Wildman–Crippen LogP) is 3.52. The van der Waals surface area contributed by atoms with E-state index in [-0.39, 0.29) is 6.03 Å². The van der Waals surface area contributed by atoms with Crippen LogP contribution in [0.25, 0.3) is 0 Å². The van der Waals surface area contributed by atoms with Gasteiger partial charge in [-0.3, -0.25) is 4.90 Å². The summed E-state index contributed by atoms with van der Waals surface area (Å²) in [5, 5.41) is 14.6. The Morgan fingerprint density at radius 2 is 1.92 bits per heavy atom. The van der Waals surface area contributed by atoms with E-state index in [2.05, 4.69) is 52.8 Å². The molecule has 2 aromatic carbocycles. The van der Waals surface area contributed by atoms with Crippen molar-refractivity contribution in [3.63, 3.8) is 0 Å². The minimum absolute atomic E-state index is 0.217. The van der Waals surface area contributed by atoms with Gasteiger partial charge in [0, 0.05) is 31.4 Å². The molecular formula is C21H24N4O. The lowest BCUT2D eigenvalue weighted by Crippen LogP contribution is -2.46. The third kappa shape index (κ3) is 4.41. The summed E-state index contributed by atoms with van der Waals surface area (Å²) in [4.78, 5) is 14.6. The second-order valence-electron chi connectivity index (χ2n) is 6.58. The fourth-order valence-electron chi connectivity index (χ4n) is 3.37. The van der Waals surface area contributed by atoms with Crippen LogP contribution in [-0.2, 0) is 13.0 Å². The molecule has 0 saturated heterocycles. The molecule has 0 aromatic heterocycles. The smallest absolute Gasteiger partial charge is 0.319 e. The van der Waals surface area contributed by atoms with E-state index in [1.54, 1.807) is 24.3 Å². The molecule has 0 aliphatic carbocycles. The highest BCUT2D eigenvalue weighted by Gasteiger charge is 2.22. The highest BCUT2D eigenvalue weighted by Crippen LogP contribution is 2.21. The fourth-order valence-corrected chi connectivity index (χ4v) is 3.37. The van der Waals surface area contributed by atoms with Gasteiger partial charge in [-0.05, 0) is 48.2 Å². The van der Waals surface area contributed by atoms with Crippen molar-refractivity contribution in [1.82, 2.24) is 10.2 Å². The Labute approximate surface area is 154 Å². The number of urea groups is 1. The van der Waals surface area contributed by atoms with E-state index in [1.807, 2.05) is 0 Å². The first-order valence-electron chi connectivity index (χ1n) is 9.05. The van der Waals surface area contributed by atoms with Gasteiger partial charge in [0.1, 0.15) is 0 Å². The number of amides is 2. The molecule has 1 aliphatic heterocycles.